The van der Waals surface area contributed by atoms with Crippen molar-refractivity contribution in [3.05, 3.63) is 129 Å². The summed E-state index contributed by atoms with van der Waals surface area (Å²) in [5.41, 5.74) is 5.59. The van der Waals surface area contributed by atoms with Gasteiger partial charge in [0.05, 0.1) is 24.1 Å². The van der Waals surface area contributed by atoms with Crippen LogP contribution in [0.2, 0.25) is 0 Å². The number of aliphatic carboxylic acids is 1. The van der Waals surface area contributed by atoms with Crippen molar-refractivity contribution in [1.82, 2.24) is 5.32 Å². The first-order valence-electron chi connectivity index (χ1n) is 21.1. The average molecular weight is 830 g/mol. The molecule has 5 N–H and O–H groups in total. The van der Waals surface area contributed by atoms with E-state index in [1.54, 1.807) is 24.3 Å². The lowest BCUT2D eigenvalue weighted by atomic mass is 9.82. The van der Waals surface area contributed by atoms with Crippen LogP contribution in [-0.2, 0) is 4.79 Å². The minimum Gasteiger partial charge on any atom is -0.481 e. The molecule has 0 spiro atoms. The van der Waals surface area contributed by atoms with E-state index in [2.05, 4.69) is 78.3 Å². The summed E-state index contributed by atoms with van der Waals surface area (Å²) >= 11 is 3.79. The van der Waals surface area contributed by atoms with E-state index in [1.165, 1.54) is 105 Å². The second kappa shape index (κ2) is 19.7. The number of amides is 1. The molecule has 2 aliphatic carbocycles. The predicted molar refractivity (Wildman–Crippen MR) is 243 cm³/mol. The molecule has 2 unspecified atom stereocenters. The summed E-state index contributed by atoms with van der Waals surface area (Å²) in [5.74, 6) is -0.845. The number of benzene rings is 4. The molecule has 0 aliphatic heterocycles. The Labute approximate surface area is 355 Å². The molecule has 2 aromatic heterocycles. The van der Waals surface area contributed by atoms with Crippen LogP contribution in [0.1, 0.15) is 124 Å². The predicted octanol–water partition coefficient (Wildman–Crippen LogP) is 12.8. The summed E-state index contributed by atoms with van der Waals surface area (Å²) in [7, 11) is 0. The average Bonchev–Trinajstić information content (AvgIpc) is 3.78. The van der Waals surface area contributed by atoms with Gasteiger partial charge in [-0.25, -0.2) is 4.79 Å². The number of hydrogen-bond acceptors (Lipinski definition) is 7. The Morgan fingerprint density at radius 1 is 0.593 bits per heavy atom. The Morgan fingerprint density at radius 2 is 1.02 bits per heavy atom. The number of carboxylic acids is 2. The van der Waals surface area contributed by atoms with Gasteiger partial charge in [0.15, 0.2) is 0 Å². The van der Waals surface area contributed by atoms with Crippen molar-refractivity contribution in [2.75, 3.05) is 17.2 Å². The van der Waals surface area contributed by atoms with Crippen LogP contribution in [0, 0.1) is 25.7 Å². The zero-order valence-corrected chi connectivity index (χ0v) is 35.6. The third kappa shape index (κ3) is 10.3. The Morgan fingerprint density at radius 3 is 1.42 bits per heavy atom. The van der Waals surface area contributed by atoms with Crippen molar-refractivity contribution < 1.29 is 24.6 Å². The first-order valence-corrected chi connectivity index (χ1v) is 22.7. The van der Waals surface area contributed by atoms with Gasteiger partial charge in [0.25, 0.3) is 5.91 Å². The SMILES string of the molecule is Cc1c(C(Nc2ccc(C(=O)NCCC(=O)O)cc2)C2CCCCC2)sc2ccccc12.Cc1c(C(Nc2ccc(C(=O)O)cc2)C2CCCCC2)sc2ccccc12. The molecule has 2 aliphatic rings. The topological polar surface area (TPSA) is 128 Å². The van der Waals surface area contributed by atoms with E-state index < -0.39 is 11.9 Å². The van der Waals surface area contributed by atoms with Crippen LogP contribution in [0.25, 0.3) is 20.2 Å². The van der Waals surface area contributed by atoms with Crippen molar-refractivity contribution in [2.24, 2.45) is 11.8 Å². The molecule has 4 aromatic carbocycles. The number of aromatic carboxylic acids is 1. The lowest BCUT2D eigenvalue weighted by molar-refractivity contribution is -0.136. The van der Waals surface area contributed by atoms with Gasteiger partial charge in [-0.05, 0) is 134 Å². The van der Waals surface area contributed by atoms with Crippen LogP contribution in [-0.4, -0.2) is 34.6 Å². The second-order valence-electron chi connectivity index (χ2n) is 16.1. The van der Waals surface area contributed by atoms with Crippen molar-refractivity contribution in [1.29, 1.82) is 0 Å². The van der Waals surface area contributed by atoms with Gasteiger partial charge >= 0.3 is 11.9 Å². The van der Waals surface area contributed by atoms with Crippen LogP contribution in [0.15, 0.2) is 97.1 Å². The lowest BCUT2D eigenvalue weighted by Crippen LogP contribution is -2.26. The summed E-state index contributed by atoms with van der Waals surface area (Å²) in [6.07, 6.45) is 12.7. The van der Waals surface area contributed by atoms with Gasteiger partial charge in [0, 0.05) is 42.6 Å². The second-order valence-corrected chi connectivity index (χ2v) is 18.2. The van der Waals surface area contributed by atoms with E-state index in [0.717, 1.165) is 11.4 Å². The van der Waals surface area contributed by atoms with Gasteiger partial charge in [0.1, 0.15) is 0 Å². The highest BCUT2D eigenvalue weighted by Crippen LogP contribution is 2.45. The van der Waals surface area contributed by atoms with Gasteiger partial charge in [0.2, 0.25) is 0 Å². The van der Waals surface area contributed by atoms with Crippen LogP contribution >= 0.6 is 22.7 Å². The number of thiophene rings is 2. The van der Waals surface area contributed by atoms with E-state index in [0.29, 0.717) is 23.0 Å². The third-order valence-electron chi connectivity index (χ3n) is 12.1. The summed E-state index contributed by atoms with van der Waals surface area (Å²) in [5, 5.41) is 30.7. The maximum atomic E-state index is 12.2. The van der Waals surface area contributed by atoms with Crippen molar-refractivity contribution in [3.8, 4) is 0 Å². The Balaban J connectivity index is 0.000000181. The molecule has 2 atom stereocenters. The number of carbonyl (C=O) groups excluding carboxylic acids is 1. The highest BCUT2D eigenvalue weighted by molar-refractivity contribution is 7.19. The number of hydrogen-bond donors (Lipinski definition) is 5. The Bertz CT molecular complexity index is 2360. The molecule has 308 valence electrons. The van der Waals surface area contributed by atoms with Crippen molar-refractivity contribution in [3.63, 3.8) is 0 Å². The van der Waals surface area contributed by atoms with Gasteiger partial charge in [-0.15, -0.1) is 22.7 Å². The van der Waals surface area contributed by atoms with Gasteiger partial charge in [-0.1, -0.05) is 74.9 Å². The number of carbonyl (C=O) groups is 3. The van der Waals surface area contributed by atoms with Crippen LogP contribution in [0.5, 0.6) is 0 Å². The molecule has 10 heteroatoms. The van der Waals surface area contributed by atoms with Crippen LogP contribution in [0.3, 0.4) is 0 Å². The van der Waals surface area contributed by atoms with Gasteiger partial charge in [-0.2, -0.15) is 0 Å². The fraction of sp³-hybridized carbons (Fsp3) is 0.367. The molecule has 2 saturated carbocycles. The molecule has 6 aromatic rings. The summed E-state index contributed by atoms with van der Waals surface area (Å²) in [6, 6.07) is 32.4. The largest absolute Gasteiger partial charge is 0.481 e. The first kappa shape index (κ1) is 42.0. The van der Waals surface area contributed by atoms with E-state index in [9.17, 15) is 14.4 Å². The normalized spacial score (nSPS) is 15.8. The zero-order chi connectivity index (χ0) is 41.3. The molecule has 1 amide bonds. The molecule has 0 saturated heterocycles. The monoisotopic (exact) mass is 829 g/mol. The zero-order valence-electron chi connectivity index (χ0n) is 34.0. The Kier molecular flexibility index (Phi) is 14.0. The maximum absolute atomic E-state index is 12.2. The minimum atomic E-state index is -0.921. The highest BCUT2D eigenvalue weighted by atomic mass is 32.1. The number of anilines is 2. The summed E-state index contributed by atoms with van der Waals surface area (Å²) in [6.45, 7) is 4.60. The van der Waals surface area contributed by atoms with E-state index >= 15 is 0 Å². The smallest absolute Gasteiger partial charge is 0.335 e. The van der Waals surface area contributed by atoms with E-state index in [1.807, 2.05) is 46.9 Å². The molecule has 8 nitrogen and oxygen atoms in total. The Hall–Kier alpha value is -5.19. The number of rotatable bonds is 13. The minimum absolute atomic E-state index is 0.0804. The van der Waals surface area contributed by atoms with Gasteiger partial charge < -0.3 is 26.2 Å². The molecule has 8 rings (SSSR count). The lowest BCUT2D eigenvalue weighted by Gasteiger charge is -2.32. The van der Waals surface area contributed by atoms with Crippen LogP contribution in [0.4, 0.5) is 11.4 Å². The molecule has 0 radical (unpaired) electrons. The summed E-state index contributed by atoms with van der Waals surface area (Å²) < 4.78 is 2.67. The number of carboxylic acid groups (broad SMARTS) is 2. The highest BCUT2D eigenvalue weighted by Gasteiger charge is 2.30. The first-order chi connectivity index (χ1) is 28.7. The van der Waals surface area contributed by atoms with E-state index in [-0.39, 0.29) is 31.0 Å². The number of nitrogens with one attached hydrogen (secondary N) is 3. The van der Waals surface area contributed by atoms with Crippen molar-refractivity contribution in [2.45, 2.75) is 96.6 Å². The standard InChI is InChI=1S/C26H30N2O3S.C23H25NO2S/c1-17-21-9-5-6-10-22(21)32-25(17)24(18-7-3-2-4-8-18)28-20-13-11-19(12-14-20)26(31)27-16-15-23(29)30;1-15-19-9-5-6-10-20(19)27-22(15)21(16-7-3-2-4-8-16)24-18-13-11-17(12-14-18)23(25)26/h5-6,9-14,18,24,28H,2-4,7-8,15-16H2,1H3,(H,27,31)(H,29,30);5-6,9-14,16,21,24H,2-4,7-8H2,1H3,(H,25,26). The van der Waals surface area contributed by atoms with Crippen LogP contribution < -0.4 is 16.0 Å². The number of fused-ring (bicyclic) bond motifs is 2. The quantitative estimate of drug-likeness (QED) is 0.0784. The van der Waals surface area contributed by atoms with Gasteiger partial charge in [-0.3, -0.25) is 9.59 Å². The molecule has 2 fully saturated rings. The molecule has 59 heavy (non-hydrogen) atoms. The number of aryl methyl sites for hydroxylation is 2. The molecule has 2 heterocycles. The van der Waals surface area contributed by atoms with E-state index in [4.69, 9.17) is 10.2 Å². The summed E-state index contributed by atoms with van der Waals surface area (Å²) in [4.78, 5) is 36.8. The molecule has 0 bridgehead atoms. The fourth-order valence-corrected chi connectivity index (χ4v) is 11.6. The fourth-order valence-electron chi connectivity index (χ4n) is 8.88. The third-order valence-corrected chi connectivity index (χ3v) is 14.8. The molecular weight excluding hydrogens is 775 g/mol. The van der Waals surface area contributed by atoms with Crippen molar-refractivity contribution >= 4 is 72.1 Å². The molecular formula is C49H55N3O5S2. The maximum Gasteiger partial charge on any atom is 0.335 e.